The van der Waals surface area contributed by atoms with Crippen molar-refractivity contribution in [3.63, 3.8) is 0 Å². The summed E-state index contributed by atoms with van der Waals surface area (Å²) in [4.78, 5) is 26.3. The first-order valence-electron chi connectivity index (χ1n) is 12.6. The molecule has 1 fully saturated rings. The van der Waals surface area contributed by atoms with Gasteiger partial charge in [-0.1, -0.05) is 91.5 Å². The fourth-order valence-electron chi connectivity index (χ4n) is 4.66. The highest BCUT2D eigenvalue weighted by molar-refractivity contribution is 7.87. The molecule has 0 bridgehead atoms. The van der Waals surface area contributed by atoms with Crippen LogP contribution in [-0.2, 0) is 32.9 Å². The third-order valence-corrected chi connectivity index (χ3v) is 8.64. The molecule has 9 heteroatoms. The summed E-state index contributed by atoms with van der Waals surface area (Å²) < 4.78 is 29.4. The molecule has 1 heterocycles. The number of benzene rings is 2. The van der Waals surface area contributed by atoms with Crippen molar-refractivity contribution in [1.29, 1.82) is 0 Å². The summed E-state index contributed by atoms with van der Waals surface area (Å²) in [5.74, 6) is -0.865. The maximum absolute atomic E-state index is 13.7. The van der Waals surface area contributed by atoms with E-state index in [4.69, 9.17) is 5.73 Å². The van der Waals surface area contributed by atoms with Crippen LogP contribution in [0.2, 0.25) is 0 Å². The van der Waals surface area contributed by atoms with Crippen molar-refractivity contribution in [2.24, 2.45) is 11.1 Å². The van der Waals surface area contributed by atoms with E-state index in [-0.39, 0.29) is 38.4 Å². The Kier molecular flexibility index (Phi) is 10.2. The molecule has 0 aliphatic carbocycles. The Morgan fingerprint density at radius 1 is 1.05 bits per heavy atom. The van der Waals surface area contributed by atoms with Crippen LogP contribution in [0, 0.1) is 5.41 Å². The van der Waals surface area contributed by atoms with Gasteiger partial charge in [-0.15, -0.1) is 0 Å². The molecule has 202 valence electrons. The number of nitrogens with one attached hydrogen (secondary N) is 1. The van der Waals surface area contributed by atoms with Crippen molar-refractivity contribution in [3.8, 4) is 0 Å². The van der Waals surface area contributed by atoms with Crippen molar-refractivity contribution >= 4 is 22.0 Å². The highest BCUT2D eigenvalue weighted by Gasteiger charge is 2.46. The SMILES string of the molecule is C=C/C=C(\C=C/C)C1(C(=O)NCc2ccccc2)CCN(S(=O)(=O)N(Cc2ccccc2)C(=O)CN)CC1. The number of rotatable bonds is 11. The second kappa shape index (κ2) is 13.3. The van der Waals surface area contributed by atoms with Gasteiger partial charge in [0, 0.05) is 19.6 Å². The number of nitrogens with two attached hydrogens (primary N) is 1. The Bertz CT molecular complexity index is 1270. The summed E-state index contributed by atoms with van der Waals surface area (Å²) in [6.07, 6.45) is 7.64. The number of carbonyl (C=O) groups is 2. The molecular weight excluding hydrogens is 500 g/mol. The Balaban J connectivity index is 1.87. The van der Waals surface area contributed by atoms with E-state index in [0.29, 0.717) is 12.1 Å². The van der Waals surface area contributed by atoms with Gasteiger partial charge < -0.3 is 11.1 Å². The van der Waals surface area contributed by atoms with Crippen LogP contribution in [0.3, 0.4) is 0 Å². The molecule has 2 aromatic carbocycles. The highest BCUT2D eigenvalue weighted by atomic mass is 32.2. The lowest BCUT2D eigenvalue weighted by Gasteiger charge is -2.42. The molecule has 3 rings (SSSR count). The predicted octanol–water partition coefficient (Wildman–Crippen LogP) is 3.31. The lowest BCUT2D eigenvalue weighted by Crippen LogP contribution is -2.54. The maximum atomic E-state index is 13.7. The zero-order valence-corrected chi connectivity index (χ0v) is 22.6. The minimum Gasteiger partial charge on any atom is -0.351 e. The van der Waals surface area contributed by atoms with E-state index in [9.17, 15) is 18.0 Å². The van der Waals surface area contributed by atoms with Gasteiger partial charge >= 0.3 is 10.2 Å². The van der Waals surface area contributed by atoms with Crippen LogP contribution in [-0.4, -0.2) is 48.5 Å². The molecule has 2 amide bonds. The summed E-state index contributed by atoms with van der Waals surface area (Å²) in [5, 5.41) is 3.05. The van der Waals surface area contributed by atoms with Crippen molar-refractivity contribution in [3.05, 3.63) is 108 Å². The second-order valence-corrected chi connectivity index (χ2v) is 11.0. The van der Waals surface area contributed by atoms with Gasteiger partial charge in [0.25, 0.3) is 5.91 Å². The molecule has 0 unspecified atom stereocenters. The summed E-state index contributed by atoms with van der Waals surface area (Å²) in [6.45, 7) is 5.62. The van der Waals surface area contributed by atoms with Gasteiger partial charge in [-0.2, -0.15) is 12.7 Å². The zero-order chi connectivity index (χ0) is 27.6. The van der Waals surface area contributed by atoms with Crippen LogP contribution in [0.1, 0.15) is 30.9 Å². The normalized spacial score (nSPS) is 16.2. The van der Waals surface area contributed by atoms with Crippen molar-refractivity contribution in [1.82, 2.24) is 13.9 Å². The van der Waals surface area contributed by atoms with Crippen LogP contribution in [0.4, 0.5) is 0 Å². The van der Waals surface area contributed by atoms with Gasteiger partial charge in [-0.25, -0.2) is 4.31 Å². The van der Waals surface area contributed by atoms with Crippen molar-refractivity contribution in [2.45, 2.75) is 32.9 Å². The van der Waals surface area contributed by atoms with Gasteiger partial charge in [0.05, 0.1) is 18.5 Å². The molecule has 1 aliphatic heterocycles. The van der Waals surface area contributed by atoms with Gasteiger partial charge in [0.1, 0.15) is 0 Å². The Morgan fingerprint density at radius 2 is 1.63 bits per heavy atom. The molecule has 3 N–H and O–H groups in total. The molecule has 0 radical (unpaired) electrons. The molecular formula is C29H36N4O4S. The second-order valence-electron chi connectivity index (χ2n) is 9.11. The maximum Gasteiger partial charge on any atom is 0.306 e. The molecule has 0 spiro atoms. The van der Waals surface area contributed by atoms with E-state index in [1.807, 2.05) is 55.5 Å². The molecule has 38 heavy (non-hydrogen) atoms. The number of allylic oxidation sites excluding steroid dienone is 4. The molecule has 0 aromatic heterocycles. The smallest absolute Gasteiger partial charge is 0.306 e. The lowest BCUT2D eigenvalue weighted by atomic mass is 9.71. The molecule has 8 nitrogen and oxygen atoms in total. The van der Waals surface area contributed by atoms with E-state index < -0.39 is 28.1 Å². The Hall–Kier alpha value is -3.53. The van der Waals surface area contributed by atoms with E-state index >= 15 is 0 Å². The largest absolute Gasteiger partial charge is 0.351 e. The summed E-state index contributed by atoms with van der Waals surface area (Å²) >= 11 is 0. The minimum atomic E-state index is -4.17. The topological polar surface area (TPSA) is 113 Å². The van der Waals surface area contributed by atoms with Crippen LogP contribution in [0.25, 0.3) is 0 Å². The number of piperidine rings is 1. The predicted molar refractivity (Wildman–Crippen MR) is 150 cm³/mol. The Labute approximate surface area is 225 Å². The standard InChI is InChI=1S/C29H36N4O4S/c1-3-11-26(12-4-2)29(28(35)31-22-24-13-7-5-8-14-24)17-19-32(20-18-29)38(36,37)33(27(34)21-30)23-25-15-9-6-10-16-25/h3-16H,1,17-23,30H2,2H3,(H,31,35)/b12-4-,26-11+. The molecule has 0 saturated carbocycles. The zero-order valence-electron chi connectivity index (χ0n) is 21.8. The van der Waals surface area contributed by atoms with E-state index in [1.165, 1.54) is 4.31 Å². The third-order valence-electron chi connectivity index (χ3n) is 6.73. The fourth-order valence-corrected chi connectivity index (χ4v) is 6.23. The Morgan fingerprint density at radius 3 is 2.16 bits per heavy atom. The number of nitrogens with zero attached hydrogens (tertiary/aromatic N) is 2. The van der Waals surface area contributed by atoms with Crippen molar-refractivity contribution < 1.29 is 18.0 Å². The quantitative estimate of drug-likeness (QED) is 0.428. The summed E-state index contributed by atoms with van der Waals surface area (Å²) in [7, 11) is -4.17. The average Bonchev–Trinajstić information content (AvgIpc) is 2.95. The van der Waals surface area contributed by atoms with Crippen LogP contribution in [0.5, 0.6) is 0 Å². The monoisotopic (exact) mass is 536 g/mol. The van der Waals surface area contributed by atoms with Gasteiger partial charge in [0.2, 0.25) is 5.91 Å². The van der Waals surface area contributed by atoms with E-state index in [0.717, 1.165) is 15.4 Å². The van der Waals surface area contributed by atoms with Crippen LogP contribution < -0.4 is 11.1 Å². The first-order valence-corrected chi connectivity index (χ1v) is 14.0. The van der Waals surface area contributed by atoms with Crippen molar-refractivity contribution in [2.75, 3.05) is 19.6 Å². The average molecular weight is 537 g/mol. The number of carbonyl (C=O) groups excluding carboxylic acids is 2. The molecule has 2 aromatic rings. The van der Waals surface area contributed by atoms with Gasteiger partial charge in [0.15, 0.2) is 0 Å². The summed E-state index contributed by atoms with van der Waals surface area (Å²) in [5.41, 5.74) is 7.02. The molecule has 1 saturated heterocycles. The fraction of sp³-hybridized carbons (Fsp3) is 0.310. The molecule has 1 aliphatic rings. The van der Waals surface area contributed by atoms with E-state index in [1.54, 1.807) is 36.4 Å². The number of amides is 2. The lowest BCUT2D eigenvalue weighted by molar-refractivity contribution is -0.131. The number of hydrogen-bond donors (Lipinski definition) is 2. The van der Waals surface area contributed by atoms with Crippen LogP contribution >= 0.6 is 0 Å². The number of hydrogen-bond acceptors (Lipinski definition) is 5. The first-order chi connectivity index (χ1) is 18.3. The van der Waals surface area contributed by atoms with E-state index in [2.05, 4.69) is 11.9 Å². The minimum absolute atomic E-state index is 0.0657. The highest BCUT2D eigenvalue weighted by Crippen LogP contribution is 2.41. The van der Waals surface area contributed by atoms with Gasteiger partial charge in [-0.05, 0) is 36.5 Å². The third kappa shape index (κ3) is 6.66. The first kappa shape index (κ1) is 29.0. The van der Waals surface area contributed by atoms with Crippen LogP contribution in [0.15, 0.2) is 97.1 Å². The summed E-state index contributed by atoms with van der Waals surface area (Å²) in [6, 6.07) is 18.5. The molecule has 0 atom stereocenters. The van der Waals surface area contributed by atoms with Gasteiger partial charge in [-0.3, -0.25) is 9.59 Å².